The number of carbonyl (C=O) groups excluding carboxylic acids is 1. The molecule has 14 nitrogen and oxygen atoms in total. The minimum absolute atomic E-state index is 0.0575. The standard InChI is InChI=1S/C52H57F6N7O7/c1-27-39(52(56,57)58)37(41(54)46(40(27)53)62(22-29-8-15-34(67-6)16-9-29)23-30-10-17-35(68-7)18-11-30)43-42(55)44-38-47(61-49(60-44)70-26-33-13-12-32-25-69-21-20-63(32)33)64-24-31-14-19-36(45(64)28(2)71-48(38)59-43)65(31)50(66)72-51(3,4)5/h8-11,15-18,28,31-33,36,45H,12-14,19-26H2,1-7H3/t28-,31+,32-,33-,36-,45+/m0/s1. The van der Waals surface area contributed by atoms with Gasteiger partial charge in [-0.1, -0.05) is 24.3 Å². The number of pyridine rings is 1. The number of ether oxygens (including phenoxy) is 6. The van der Waals surface area contributed by atoms with Crippen molar-refractivity contribution in [3.63, 3.8) is 0 Å². The normalized spacial score (nSPS) is 22.8. The summed E-state index contributed by atoms with van der Waals surface area (Å²) in [7, 11) is 2.96. The lowest BCUT2D eigenvalue weighted by molar-refractivity contribution is -0.137. The largest absolute Gasteiger partial charge is 0.497 e. The Kier molecular flexibility index (Phi) is 13.0. The summed E-state index contributed by atoms with van der Waals surface area (Å²) in [6.45, 7) is 9.64. The van der Waals surface area contributed by atoms with E-state index in [2.05, 4.69) is 14.9 Å². The molecular weight excluding hydrogens is 949 g/mol. The van der Waals surface area contributed by atoms with Crippen LogP contribution in [0.4, 0.5) is 42.6 Å². The van der Waals surface area contributed by atoms with Gasteiger partial charge in [0, 0.05) is 38.3 Å². The molecule has 4 fully saturated rings. The molecule has 10 rings (SSSR count). The number of halogens is 6. The van der Waals surface area contributed by atoms with E-state index in [4.69, 9.17) is 33.4 Å². The van der Waals surface area contributed by atoms with Crippen LogP contribution in [0.25, 0.3) is 22.2 Å². The Hall–Kier alpha value is -6.28. The molecule has 0 radical (unpaired) electrons. The third-order valence-electron chi connectivity index (χ3n) is 14.5. The summed E-state index contributed by atoms with van der Waals surface area (Å²) in [6, 6.07) is 11.6. The predicted molar refractivity (Wildman–Crippen MR) is 254 cm³/mol. The monoisotopic (exact) mass is 1010 g/mol. The van der Waals surface area contributed by atoms with Crippen molar-refractivity contribution in [1.29, 1.82) is 0 Å². The Morgan fingerprint density at radius 1 is 0.847 bits per heavy atom. The van der Waals surface area contributed by atoms with Gasteiger partial charge in [0.15, 0.2) is 17.5 Å². The van der Waals surface area contributed by atoms with Gasteiger partial charge in [0.25, 0.3) is 0 Å². The number of nitrogens with zero attached hydrogens (tertiary/aromatic N) is 7. The number of methoxy groups -OCH3 is 2. The van der Waals surface area contributed by atoms with Crippen LogP contribution >= 0.6 is 0 Å². The van der Waals surface area contributed by atoms with Crippen LogP contribution in [0.5, 0.6) is 23.4 Å². The molecule has 6 atom stereocenters. The molecule has 5 aromatic rings. The summed E-state index contributed by atoms with van der Waals surface area (Å²) in [6.07, 6.45) is -4.00. The van der Waals surface area contributed by atoms with Gasteiger partial charge in [-0.15, -0.1) is 0 Å². The highest BCUT2D eigenvalue weighted by Gasteiger charge is 2.54. The van der Waals surface area contributed by atoms with Crippen LogP contribution in [0.2, 0.25) is 0 Å². The fourth-order valence-corrected chi connectivity index (χ4v) is 11.3. The molecule has 0 saturated carbocycles. The van der Waals surface area contributed by atoms with Crippen LogP contribution in [-0.2, 0) is 28.7 Å². The molecular formula is C52H57F6N7O7. The summed E-state index contributed by atoms with van der Waals surface area (Å²) in [4.78, 5) is 34.9. The van der Waals surface area contributed by atoms with E-state index in [0.717, 1.165) is 19.8 Å². The van der Waals surface area contributed by atoms with Gasteiger partial charge in [-0.3, -0.25) is 9.80 Å². The van der Waals surface area contributed by atoms with E-state index in [1.54, 1.807) is 81.1 Å². The van der Waals surface area contributed by atoms with Crippen molar-refractivity contribution < 1.29 is 59.6 Å². The van der Waals surface area contributed by atoms with Gasteiger partial charge in [-0.2, -0.15) is 23.1 Å². The lowest BCUT2D eigenvalue weighted by Gasteiger charge is -2.48. The van der Waals surface area contributed by atoms with Crippen molar-refractivity contribution in [3.8, 4) is 34.6 Å². The van der Waals surface area contributed by atoms with Crippen LogP contribution in [-0.4, -0.2) is 120 Å². The molecule has 384 valence electrons. The van der Waals surface area contributed by atoms with Crippen LogP contribution in [0.3, 0.4) is 0 Å². The molecule has 3 aromatic carbocycles. The molecule has 2 bridgehead atoms. The number of morpholine rings is 1. The molecule has 72 heavy (non-hydrogen) atoms. The summed E-state index contributed by atoms with van der Waals surface area (Å²) >= 11 is 0. The molecule has 20 heteroatoms. The van der Waals surface area contributed by atoms with E-state index in [-0.39, 0.29) is 67.5 Å². The van der Waals surface area contributed by atoms with Crippen molar-refractivity contribution in [2.45, 2.75) is 121 Å². The minimum atomic E-state index is -5.42. The number of anilines is 2. The van der Waals surface area contributed by atoms with Crippen LogP contribution < -0.4 is 28.7 Å². The average molecular weight is 1010 g/mol. The fraction of sp³-hybridized carbons (Fsp3) is 0.500. The zero-order valence-corrected chi connectivity index (χ0v) is 41.1. The van der Waals surface area contributed by atoms with Crippen molar-refractivity contribution in [3.05, 3.63) is 88.2 Å². The van der Waals surface area contributed by atoms with Gasteiger partial charge in [0.2, 0.25) is 5.88 Å². The van der Waals surface area contributed by atoms with E-state index in [0.29, 0.717) is 55.2 Å². The fourth-order valence-electron chi connectivity index (χ4n) is 11.3. The third kappa shape index (κ3) is 9.02. The first kappa shape index (κ1) is 49.3. The summed E-state index contributed by atoms with van der Waals surface area (Å²) < 4.78 is 135. The first-order valence-corrected chi connectivity index (χ1v) is 24.3. The Morgan fingerprint density at radius 3 is 2.12 bits per heavy atom. The SMILES string of the molecule is COc1ccc(CN(Cc2ccc(OC)cc2)c2c(F)c(C)c(C(F)(F)F)c(-c3nc4c5c(nc(OC[C@@H]6CC[C@H]7COCCN76)nc5c3F)N3C[C@H]5CC[C@@H]([C@H]3[C@H](C)O4)N5C(=O)OC(C)(C)C)c2F)cc1. The first-order chi connectivity index (χ1) is 34.3. The van der Waals surface area contributed by atoms with E-state index in [1.807, 2.05) is 4.90 Å². The average Bonchev–Trinajstić information content (AvgIpc) is 3.87. The number of alkyl halides is 3. The zero-order valence-electron chi connectivity index (χ0n) is 41.1. The summed E-state index contributed by atoms with van der Waals surface area (Å²) in [5, 5.41) is -0.0779. The number of carbonyl (C=O) groups is 1. The maximum Gasteiger partial charge on any atom is 0.417 e. The number of hydrogen-bond donors (Lipinski definition) is 0. The number of hydrogen-bond acceptors (Lipinski definition) is 13. The maximum atomic E-state index is 18.1. The molecule has 0 spiro atoms. The second-order valence-corrected chi connectivity index (χ2v) is 20.2. The number of benzene rings is 3. The number of piperazine rings is 1. The Bertz CT molecular complexity index is 2820. The highest BCUT2D eigenvalue weighted by molar-refractivity contribution is 5.98. The van der Waals surface area contributed by atoms with Gasteiger partial charge in [0.1, 0.15) is 57.9 Å². The van der Waals surface area contributed by atoms with Gasteiger partial charge >= 0.3 is 18.3 Å². The predicted octanol–water partition coefficient (Wildman–Crippen LogP) is 9.64. The van der Waals surface area contributed by atoms with E-state index >= 15 is 26.3 Å². The molecule has 0 aliphatic carbocycles. The van der Waals surface area contributed by atoms with Crippen molar-refractivity contribution in [2.24, 2.45) is 0 Å². The lowest BCUT2D eigenvalue weighted by atomic mass is 9.94. The van der Waals surface area contributed by atoms with Gasteiger partial charge in [-0.05, 0) is 101 Å². The Morgan fingerprint density at radius 2 is 1.50 bits per heavy atom. The zero-order chi connectivity index (χ0) is 51.0. The molecule has 5 aliphatic heterocycles. The number of aromatic nitrogens is 3. The van der Waals surface area contributed by atoms with Crippen molar-refractivity contribution >= 4 is 28.5 Å². The molecule has 2 aromatic heterocycles. The van der Waals surface area contributed by atoms with Gasteiger partial charge < -0.3 is 38.2 Å². The molecule has 7 heterocycles. The van der Waals surface area contributed by atoms with E-state index < -0.39 is 87.1 Å². The maximum absolute atomic E-state index is 18.1. The molecule has 0 unspecified atom stereocenters. The van der Waals surface area contributed by atoms with Crippen LogP contribution in [0, 0.1) is 24.4 Å². The lowest BCUT2D eigenvalue weighted by Crippen LogP contribution is -2.65. The van der Waals surface area contributed by atoms with E-state index in [9.17, 15) is 4.79 Å². The van der Waals surface area contributed by atoms with Gasteiger partial charge in [0.05, 0.1) is 56.7 Å². The van der Waals surface area contributed by atoms with Gasteiger partial charge in [-0.25, -0.2) is 22.9 Å². The topological polar surface area (TPSA) is 124 Å². The third-order valence-corrected chi connectivity index (χ3v) is 14.5. The molecule has 4 saturated heterocycles. The smallest absolute Gasteiger partial charge is 0.417 e. The van der Waals surface area contributed by atoms with Crippen LogP contribution in [0.15, 0.2) is 48.5 Å². The quantitative estimate of drug-likeness (QED) is 0.117. The molecule has 1 amide bonds. The highest BCUT2D eigenvalue weighted by atomic mass is 19.4. The second kappa shape index (κ2) is 19.0. The number of rotatable bonds is 11. The number of amides is 1. The summed E-state index contributed by atoms with van der Waals surface area (Å²) in [5.74, 6) is -3.86. The summed E-state index contributed by atoms with van der Waals surface area (Å²) in [5.41, 5.74) is -6.29. The van der Waals surface area contributed by atoms with Crippen LogP contribution in [0.1, 0.15) is 75.6 Å². The van der Waals surface area contributed by atoms with E-state index in [1.165, 1.54) is 19.1 Å². The number of fused-ring (bicyclic) bond motifs is 6. The highest BCUT2D eigenvalue weighted by Crippen LogP contribution is 2.50. The van der Waals surface area contributed by atoms with Crippen molar-refractivity contribution in [1.82, 2.24) is 24.8 Å². The Labute approximate surface area is 413 Å². The first-order valence-electron chi connectivity index (χ1n) is 24.3. The Balaban J connectivity index is 1.15. The molecule has 5 aliphatic rings. The minimum Gasteiger partial charge on any atom is -0.497 e. The van der Waals surface area contributed by atoms with Crippen molar-refractivity contribution in [2.75, 3.05) is 56.9 Å². The second-order valence-electron chi connectivity index (χ2n) is 20.2. The molecule has 0 N–H and O–H groups in total.